The second-order valence-corrected chi connectivity index (χ2v) is 4.64. The van der Waals surface area contributed by atoms with Crippen LogP contribution in [0.15, 0.2) is 65.6 Å². The molecule has 0 unspecified atom stereocenters. The molecule has 0 fully saturated rings. The molecule has 1 heterocycles. The lowest BCUT2D eigenvalue weighted by Crippen LogP contribution is -2.16. The summed E-state index contributed by atoms with van der Waals surface area (Å²) in [5.41, 5.74) is 2.99. The van der Waals surface area contributed by atoms with Gasteiger partial charge in [0, 0.05) is 0 Å². The third-order valence-corrected chi connectivity index (χ3v) is 3.19. The van der Waals surface area contributed by atoms with E-state index in [0.717, 1.165) is 16.7 Å². The number of aromatic hydroxyl groups is 1. The average Bonchev–Trinajstić information content (AvgIpc) is 2.79. The monoisotopic (exact) mass is 266 g/mol. The number of nitrogens with one attached hydrogen (secondary N) is 1. The van der Waals surface area contributed by atoms with Crippen LogP contribution in [-0.2, 0) is 6.54 Å². The van der Waals surface area contributed by atoms with Crippen LogP contribution in [0.4, 0.5) is 0 Å². The zero-order valence-electron chi connectivity index (χ0n) is 10.8. The highest BCUT2D eigenvalue weighted by molar-refractivity contribution is 5.63. The summed E-state index contributed by atoms with van der Waals surface area (Å²) < 4.78 is 1.44. The van der Waals surface area contributed by atoms with E-state index in [-0.39, 0.29) is 11.6 Å². The smallest absolute Gasteiger partial charge is 0.328 e. The minimum Gasteiger partial charge on any atom is -0.493 e. The summed E-state index contributed by atoms with van der Waals surface area (Å²) in [5, 5.41) is 9.23. The van der Waals surface area contributed by atoms with Gasteiger partial charge in [-0.15, -0.1) is 0 Å². The van der Waals surface area contributed by atoms with Gasteiger partial charge in [-0.3, -0.25) is 9.55 Å². The number of nitrogens with zero attached hydrogens (tertiary/aromatic N) is 1. The number of aromatic nitrogens is 2. The predicted molar refractivity (Wildman–Crippen MR) is 77.7 cm³/mol. The number of aromatic amines is 1. The summed E-state index contributed by atoms with van der Waals surface area (Å²) in [7, 11) is 0. The van der Waals surface area contributed by atoms with Crippen LogP contribution in [0.3, 0.4) is 0 Å². The fraction of sp³-hybridized carbons (Fsp3) is 0.0625. The molecule has 0 aliphatic rings. The maximum Gasteiger partial charge on any atom is 0.328 e. The van der Waals surface area contributed by atoms with E-state index in [2.05, 4.69) is 17.1 Å². The molecule has 0 bridgehead atoms. The van der Waals surface area contributed by atoms with Crippen molar-refractivity contribution in [3.63, 3.8) is 0 Å². The molecule has 0 saturated carbocycles. The molecule has 3 aromatic rings. The highest BCUT2D eigenvalue weighted by Gasteiger charge is 2.03. The van der Waals surface area contributed by atoms with E-state index in [9.17, 15) is 9.90 Å². The van der Waals surface area contributed by atoms with Crippen LogP contribution in [0, 0.1) is 0 Å². The number of rotatable bonds is 3. The Bertz CT molecular complexity index is 755. The second-order valence-electron chi connectivity index (χ2n) is 4.64. The summed E-state index contributed by atoms with van der Waals surface area (Å²) in [6, 6.07) is 18.1. The summed E-state index contributed by atoms with van der Waals surface area (Å²) in [6.45, 7) is 0.435. The van der Waals surface area contributed by atoms with Crippen LogP contribution < -0.4 is 5.69 Å². The van der Waals surface area contributed by atoms with E-state index in [4.69, 9.17) is 0 Å². The fourth-order valence-electron chi connectivity index (χ4n) is 2.17. The summed E-state index contributed by atoms with van der Waals surface area (Å²) in [4.78, 5) is 13.8. The Kier molecular flexibility index (Phi) is 3.13. The second kappa shape index (κ2) is 5.09. The van der Waals surface area contributed by atoms with Gasteiger partial charge < -0.3 is 5.11 Å². The average molecular weight is 266 g/mol. The molecule has 0 aliphatic heterocycles. The number of hydrogen-bond donors (Lipinski definition) is 2. The van der Waals surface area contributed by atoms with Gasteiger partial charge in [-0.25, -0.2) is 4.79 Å². The molecule has 4 nitrogen and oxygen atoms in total. The Hall–Kier alpha value is -2.75. The molecule has 0 atom stereocenters. The Morgan fingerprint density at radius 3 is 2.20 bits per heavy atom. The van der Waals surface area contributed by atoms with Crippen molar-refractivity contribution in [3.8, 4) is 17.0 Å². The molecule has 0 aliphatic carbocycles. The first-order chi connectivity index (χ1) is 9.72. The molecule has 2 N–H and O–H groups in total. The van der Waals surface area contributed by atoms with Crippen LogP contribution in [-0.4, -0.2) is 14.7 Å². The molecular formula is C16H14N2O2. The van der Waals surface area contributed by atoms with E-state index >= 15 is 0 Å². The molecule has 0 spiro atoms. The molecule has 1 aromatic heterocycles. The molecular weight excluding hydrogens is 252 g/mol. The standard InChI is InChI=1S/C16H14N2O2/c19-15-11-18(16(20)17-15)10-12-6-8-14(9-7-12)13-4-2-1-3-5-13/h1-9,11,19H,10H2,(H,17,20). The van der Waals surface area contributed by atoms with Crippen LogP contribution in [0.1, 0.15) is 5.56 Å². The van der Waals surface area contributed by atoms with Crippen molar-refractivity contribution in [1.29, 1.82) is 0 Å². The van der Waals surface area contributed by atoms with Gasteiger partial charge >= 0.3 is 5.69 Å². The Morgan fingerprint density at radius 1 is 0.950 bits per heavy atom. The molecule has 0 radical (unpaired) electrons. The Balaban J connectivity index is 1.83. The molecule has 20 heavy (non-hydrogen) atoms. The number of hydrogen-bond acceptors (Lipinski definition) is 2. The predicted octanol–water partition coefficient (Wildman–Crippen LogP) is 2.60. The van der Waals surface area contributed by atoms with E-state index in [1.165, 1.54) is 10.8 Å². The molecule has 0 saturated heterocycles. The summed E-state index contributed by atoms with van der Waals surface area (Å²) in [5.74, 6) is -0.115. The maximum absolute atomic E-state index is 11.5. The fourth-order valence-corrected chi connectivity index (χ4v) is 2.17. The minimum atomic E-state index is -0.311. The zero-order valence-corrected chi connectivity index (χ0v) is 10.8. The van der Waals surface area contributed by atoms with Gasteiger partial charge in [-0.2, -0.15) is 0 Å². The SMILES string of the molecule is O=c1[nH]c(O)cn1Cc1ccc(-c2ccccc2)cc1. The molecule has 3 rings (SSSR count). The van der Waals surface area contributed by atoms with Gasteiger partial charge in [0.05, 0.1) is 12.7 Å². The van der Waals surface area contributed by atoms with Crippen molar-refractivity contribution >= 4 is 0 Å². The lowest BCUT2D eigenvalue weighted by Gasteiger charge is -2.04. The first-order valence-corrected chi connectivity index (χ1v) is 6.35. The Morgan fingerprint density at radius 2 is 1.60 bits per heavy atom. The molecule has 4 heteroatoms. The van der Waals surface area contributed by atoms with Gasteiger partial charge in [-0.05, 0) is 16.7 Å². The van der Waals surface area contributed by atoms with Gasteiger partial charge in [0.15, 0.2) is 0 Å². The van der Waals surface area contributed by atoms with E-state index in [1.807, 2.05) is 42.5 Å². The van der Waals surface area contributed by atoms with Crippen molar-refractivity contribution in [2.45, 2.75) is 6.54 Å². The number of benzene rings is 2. The van der Waals surface area contributed by atoms with Crippen molar-refractivity contribution in [2.75, 3.05) is 0 Å². The molecule has 100 valence electrons. The third kappa shape index (κ3) is 2.49. The van der Waals surface area contributed by atoms with Crippen LogP contribution in [0.5, 0.6) is 5.88 Å². The Labute approximate surface area is 116 Å². The van der Waals surface area contributed by atoms with E-state index < -0.39 is 0 Å². The van der Waals surface area contributed by atoms with Gasteiger partial charge in [0.2, 0.25) is 5.88 Å². The van der Waals surface area contributed by atoms with Crippen molar-refractivity contribution in [1.82, 2.24) is 9.55 Å². The van der Waals surface area contributed by atoms with Gasteiger partial charge in [-0.1, -0.05) is 54.6 Å². The van der Waals surface area contributed by atoms with Gasteiger partial charge in [0.1, 0.15) is 0 Å². The molecule has 0 amide bonds. The highest BCUT2D eigenvalue weighted by atomic mass is 16.3. The summed E-state index contributed by atoms with van der Waals surface area (Å²) in [6.07, 6.45) is 1.40. The van der Waals surface area contributed by atoms with E-state index in [1.54, 1.807) is 0 Å². The van der Waals surface area contributed by atoms with Crippen LogP contribution >= 0.6 is 0 Å². The lowest BCUT2D eigenvalue weighted by molar-refractivity contribution is 0.455. The lowest BCUT2D eigenvalue weighted by atomic mass is 10.0. The van der Waals surface area contributed by atoms with Crippen LogP contribution in [0.25, 0.3) is 11.1 Å². The first kappa shape index (κ1) is 12.3. The van der Waals surface area contributed by atoms with E-state index in [0.29, 0.717) is 6.54 Å². The number of imidazole rings is 1. The minimum absolute atomic E-state index is 0.115. The normalized spacial score (nSPS) is 10.6. The largest absolute Gasteiger partial charge is 0.493 e. The van der Waals surface area contributed by atoms with Gasteiger partial charge in [0.25, 0.3) is 0 Å². The first-order valence-electron chi connectivity index (χ1n) is 6.35. The van der Waals surface area contributed by atoms with Crippen LogP contribution in [0.2, 0.25) is 0 Å². The highest BCUT2D eigenvalue weighted by Crippen LogP contribution is 2.19. The zero-order chi connectivity index (χ0) is 13.9. The quantitative estimate of drug-likeness (QED) is 0.765. The van der Waals surface area contributed by atoms with Crippen molar-refractivity contribution in [2.24, 2.45) is 0 Å². The third-order valence-electron chi connectivity index (χ3n) is 3.19. The topological polar surface area (TPSA) is 58.0 Å². The summed E-state index contributed by atoms with van der Waals surface area (Å²) >= 11 is 0. The van der Waals surface area contributed by atoms with Crippen molar-refractivity contribution in [3.05, 3.63) is 76.8 Å². The number of H-pyrrole nitrogens is 1. The van der Waals surface area contributed by atoms with Crippen molar-refractivity contribution < 1.29 is 5.11 Å². The molecule has 2 aromatic carbocycles. The maximum atomic E-state index is 11.5.